The molecule has 0 spiro atoms. The molecule has 0 fully saturated rings. The molecule has 2 aliphatic rings. The van der Waals surface area contributed by atoms with Crippen molar-refractivity contribution in [1.29, 1.82) is 0 Å². The second-order valence-corrected chi connectivity index (χ2v) is 16.5. The van der Waals surface area contributed by atoms with E-state index in [1.807, 2.05) is 60.6 Å². The van der Waals surface area contributed by atoms with Crippen LogP contribution in [0.4, 0.5) is 17.1 Å². The number of nitrogens with one attached hydrogen (secondary N) is 1. The van der Waals surface area contributed by atoms with Crippen molar-refractivity contribution in [3.05, 3.63) is 229 Å². The number of aliphatic imine (C=N–C) groups is 1. The van der Waals surface area contributed by atoms with E-state index in [-0.39, 0.29) is 11.2 Å². The van der Waals surface area contributed by atoms with Crippen LogP contribution in [0.3, 0.4) is 0 Å². The zero-order chi connectivity index (χ0) is 40.0. The van der Waals surface area contributed by atoms with Gasteiger partial charge in [-0.15, -0.1) is 11.8 Å². The van der Waals surface area contributed by atoms with Gasteiger partial charge in [0.05, 0.1) is 22.6 Å². The normalized spacial score (nSPS) is 15.6. The lowest BCUT2D eigenvalue weighted by Crippen LogP contribution is -2.14. The Morgan fingerprint density at radius 1 is 0.633 bits per heavy atom. The molecule has 2 aromatic heterocycles. The number of hydrogen-bond donors (Lipinski definition) is 1. The Labute approximate surface area is 353 Å². The third-order valence-corrected chi connectivity index (χ3v) is 13.1. The molecule has 0 radical (unpaired) electrons. The molecule has 0 saturated carbocycles. The van der Waals surface area contributed by atoms with Gasteiger partial charge in [0.25, 0.3) is 0 Å². The molecular weight excluding hydrogens is 751 g/mol. The molecule has 286 valence electrons. The number of nitrogens with zero attached hydrogens (tertiary/aromatic N) is 4. The summed E-state index contributed by atoms with van der Waals surface area (Å²) in [7, 11) is 0. The molecule has 0 saturated heterocycles. The van der Waals surface area contributed by atoms with E-state index in [1.54, 1.807) is 0 Å². The van der Waals surface area contributed by atoms with E-state index in [0.717, 1.165) is 56.6 Å². The van der Waals surface area contributed by atoms with E-state index in [0.29, 0.717) is 0 Å². The number of hydrogen-bond acceptors (Lipinski definition) is 5. The summed E-state index contributed by atoms with van der Waals surface area (Å²) < 4.78 is 2.44. The summed E-state index contributed by atoms with van der Waals surface area (Å²) in [5, 5.41) is 4.95. The molecule has 2 atom stereocenters. The Bertz CT molecular complexity index is 3080. The molecule has 1 aliphatic heterocycles. The molecule has 6 heteroatoms. The predicted molar refractivity (Wildman–Crippen MR) is 249 cm³/mol. The topological polar surface area (TPSA) is 55.1 Å². The zero-order valence-corrected chi connectivity index (χ0v) is 33.7. The van der Waals surface area contributed by atoms with Crippen molar-refractivity contribution in [3.8, 4) is 27.9 Å². The van der Waals surface area contributed by atoms with Gasteiger partial charge in [-0.25, -0.2) is 9.97 Å². The SMILES string of the molecule is CC(=Nc1ccccc1Nc1ccccc1)c1ccc(-n2c3c(c4cc(-c5ccccc5)ccc42)C2Sc4ccc(-c5ccccc5)cc4C2C=C3c2ncccn2)cc1. The molecule has 3 heterocycles. The molecular formula is C54H39N5S. The third-order valence-electron chi connectivity index (χ3n) is 11.7. The van der Waals surface area contributed by atoms with Gasteiger partial charge in [0.15, 0.2) is 5.82 Å². The molecule has 9 aromatic rings. The van der Waals surface area contributed by atoms with Gasteiger partial charge in [0, 0.05) is 62.1 Å². The average molecular weight is 790 g/mol. The average Bonchev–Trinajstić information content (AvgIpc) is 3.86. The lowest BCUT2D eigenvalue weighted by atomic mass is 9.82. The fraction of sp³-hybridized carbons (Fsp3) is 0.0556. The summed E-state index contributed by atoms with van der Waals surface area (Å²) in [5.74, 6) is 0.865. The molecule has 7 aromatic carbocycles. The van der Waals surface area contributed by atoms with E-state index < -0.39 is 0 Å². The monoisotopic (exact) mass is 789 g/mol. The zero-order valence-electron chi connectivity index (χ0n) is 32.9. The Hall–Kier alpha value is -7.28. The summed E-state index contributed by atoms with van der Waals surface area (Å²) in [6.07, 6.45) is 6.14. The minimum Gasteiger partial charge on any atom is -0.354 e. The standard InChI is InChI=1S/C54H39N5S/c1-35(57-47-20-11-12-21-48(47)58-41-18-9-4-10-19-41)36-22-26-42(27-23-36)59-49-28-24-39(37-14-5-2-6-15-37)33-45(49)51-52(59)46(54-55-30-13-31-56-54)34-44-43-32-40(38-16-7-3-8-17-38)25-29-50(43)60-53(44)51/h2-34,44,53,58H,1H3. The molecule has 11 rings (SSSR count). The fourth-order valence-corrected chi connectivity index (χ4v) is 10.3. The first-order valence-electron chi connectivity index (χ1n) is 20.3. The quantitative estimate of drug-likeness (QED) is 0.156. The highest BCUT2D eigenvalue weighted by molar-refractivity contribution is 8.00. The van der Waals surface area contributed by atoms with Crippen LogP contribution < -0.4 is 5.32 Å². The summed E-state index contributed by atoms with van der Waals surface area (Å²) in [4.78, 5) is 16.2. The highest BCUT2D eigenvalue weighted by atomic mass is 32.2. The molecule has 2 unspecified atom stereocenters. The van der Waals surface area contributed by atoms with Crippen molar-refractivity contribution >= 4 is 51.0 Å². The number of thioether (sulfide) groups is 1. The van der Waals surface area contributed by atoms with Crippen LogP contribution in [-0.2, 0) is 0 Å². The van der Waals surface area contributed by atoms with Gasteiger partial charge >= 0.3 is 0 Å². The Balaban J connectivity index is 1.06. The number of para-hydroxylation sites is 3. The first kappa shape index (κ1) is 35.8. The lowest BCUT2D eigenvalue weighted by Gasteiger charge is -2.26. The maximum absolute atomic E-state index is 5.13. The molecule has 0 amide bonds. The molecule has 0 bridgehead atoms. The van der Waals surface area contributed by atoms with Crippen molar-refractivity contribution in [1.82, 2.24) is 14.5 Å². The largest absolute Gasteiger partial charge is 0.354 e. The van der Waals surface area contributed by atoms with Crippen molar-refractivity contribution in [2.24, 2.45) is 4.99 Å². The van der Waals surface area contributed by atoms with Crippen molar-refractivity contribution in [2.75, 3.05) is 5.32 Å². The van der Waals surface area contributed by atoms with Gasteiger partial charge in [-0.3, -0.25) is 4.99 Å². The van der Waals surface area contributed by atoms with E-state index >= 15 is 0 Å². The predicted octanol–water partition coefficient (Wildman–Crippen LogP) is 14.0. The first-order chi connectivity index (χ1) is 29.7. The second-order valence-electron chi connectivity index (χ2n) is 15.3. The van der Waals surface area contributed by atoms with E-state index in [2.05, 4.69) is 168 Å². The van der Waals surface area contributed by atoms with Crippen LogP contribution in [0.5, 0.6) is 0 Å². The van der Waals surface area contributed by atoms with Crippen LogP contribution in [0, 0.1) is 0 Å². The van der Waals surface area contributed by atoms with Gasteiger partial charge in [0.1, 0.15) is 0 Å². The summed E-state index contributed by atoms with van der Waals surface area (Å²) in [6.45, 7) is 2.08. The first-order valence-corrected chi connectivity index (χ1v) is 21.2. The van der Waals surface area contributed by atoms with Gasteiger partial charge < -0.3 is 9.88 Å². The number of benzene rings is 7. The Kier molecular flexibility index (Phi) is 9.05. The number of aromatic nitrogens is 3. The minimum atomic E-state index is 0.139. The summed E-state index contributed by atoms with van der Waals surface area (Å²) in [5.41, 5.74) is 16.8. The van der Waals surface area contributed by atoms with Crippen LogP contribution in [0.15, 0.2) is 210 Å². The van der Waals surface area contributed by atoms with Crippen LogP contribution in [0.2, 0.25) is 0 Å². The number of fused-ring (bicyclic) bond motifs is 7. The number of rotatable bonds is 8. The lowest BCUT2D eigenvalue weighted by molar-refractivity contribution is 0.809. The number of allylic oxidation sites excluding steroid dienone is 1. The van der Waals surface area contributed by atoms with Gasteiger partial charge in [-0.1, -0.05) is 121 Å². The molecule has 60 heavy (non-hydrogen) atoms. The van der Waals surface area contributed by atoms with E-state index in [9.17, 15) is 0 Å². The smallest absolute Gasteiger partial charge is 0.160 e. The van der Waals surface area contributed by atoms with E-state index in [1.165, 1.54) is 43.7 Å². The van der Waals surface area contributed by atoms with E-state index in [4.69, 9.17) is 15.0 Å². The summed E-state index contributed by atoms with van der Waals surface area (Å²) in [6, 6.07) is 64.5. The third kappa shape index (κ3) is 6.42. The van der Waals surface area contributed by atoms with Crippen molar-refractivity contribution < 1.29 is 0 Å². The Morgan fingerprint density at radius 3 is 2.02 bits per heavy atom. The van der Waals surface area contributed by atoms with Gasteiger partial charge in [-0.2, -0.15) is 0 Å². The second kappa shape index (κ2) is 15.1. The van der Waals surface area contributed by atoms with Crippen molar-refractivity contribution in [3.63, 3.8) is 0 Å². The molecule has 1 aliphatic carbocycles. The minimum absolute atomic E-state index is 0.139. The highest BCUT2D eigenvalue weighted by Gasteiger charge is 2.42. The van der Waals surface area contributed by atoms with Crippen LogP contribution >= 0.6 is 11.8 Å². The van der Waals surface area contributed by atoms with Crippen LogP contribution in [-0.4, -0.2) is 20.2 Å². The maximum Gasteiger partial charge on any atom is 0.160 e. The molecule has 5 nitrogen and oxygen atoms in total. The highest BCUT2D eigenvalue weighted by Crippen LogP contribution is 2.62. The number of anilines is 2. The van der Waals surface area contributed by atoms with Crippen molar-refractivity contribution in [2.45, 2.75) is 23.0 Å². The van der Waals surface area contributed by atoms with Gasteiger partial charge in [-0.05, 0) is 107 Å². The van der Waals surface area contributed by atoms with Crippen LogP contribution in [0.1, 0.15) is 46.3 Å². The molecule has 1 N–H and O–H groups in total. The maximum atomic E-state index is 5.13. The van der Waals surface area contributed by atoms with Gasteiger partial charge in [0.2, 0.25) is 0 Å². The fourth-order valence-electron chi connectivity index (χ4n) is 8.79. The van der Waals surface area contributed by atoms with Crippen LogP contribution in [0.25, 0.3) is 44.4 Å². The Morgan fingerprint density at radius 2 is 1.28 bits per heavy atom. The summed E-state index contributed by atoms with van der Waals surface area (Å²) >= 11 is 1.98.